The van der Waals surface area contributed by atoms with Gasteiger partial charge in [-0.3, -0.25) is 15.0 Å². The van der Waals surface area contributed by atoms with Gasteiger partial charge in [0.05, 0.1) is 11.5 Å². The molecule has 0 saturated carbocycles. The Balaban J connectivity index is 2.16. The van der Waals surface area contributed by atoms with Crippen molar-refractivity contribution < 1.29 is 22.1 Å². The molecule has 0 N–H and O–H groups in total. The molecule has 7 nitrogen and oxygen atoms in total. The van der Waals surface area contributed by atoms with Gasteiger partial charge in [0.25, 0.3) is 11.6 Å². The molecule has 23 heavy (non-hydrogen) atoms. The molecule has 128 valence electrons. The van der Waals surface area contributed by atoms with E-state index in [9.17, 15) is 27.3 Å². The second-order valence-electron chi connectivity index (χ2n) is 5.48. The zero-order valence-electron chi connectivity index (χ0n) is 12.5. The van der Waals surface area contributed by atoms with Gasteiger partial charge < -0.3 is 0 Å². The van der Waals surface area contributed by atoms with Crippen molar-refractivity contribution in [3.8, 4) is 0 Å². The monoisotopic (exact) mass is 349 g/mol. The second-order valence-corrected chi connectivity index (χ2v) is 7.38. The van der Waals surface area contributed by atoms with Crippen LogP contribution >= 0.6 is 0 Å². The van der Waals surface area contributed by atoms with E-state index < -0.39 is 33.1 Å². The number of hydrogen-bond acceptors (Lipinski definition) is 5. The molecule has 1 fully saturated rings. The van der Waals surface area contributed by atoms with Crippen molar-refractivity contribution in [2.45, 2.75) is 17.7 Å². The lowest BCUT2D eigenvalue weighted by atomic mass is 10.3. The Morgan fingerprint density at radius 1 is 1.22 bits per heavy atom. The Kier molecular flexibility index (Phi) is 4.97. The number of benzene rings is 1. The smallest absolute Gasteiger partial charge is 0.289 e. The van der Waals surface area contributed by atoms with Gasteiger partial charge in [0.2, 0.25) is 10.0 Å². The van der Waals surface area contributed by atoms with Gasteiger partial charge in [-0.25, -0.2) is 17.2 Å². The first-order valence-electron chi connectivity index (χ1n) is 6.95. The number of para-hydroxylation sites is 1. The van der Waals surface area contributed by atoms with E-state index in [4.69, 9.17) is 0 Å². The molecule has 1 aliphatic rings. The summed E-state index contributed by atoms with van der Waals surface area (Å²) in [5.74, 6) is -2.85. The predicted octanol–water partition coefficient (Wildman–Crippen LogP) is 1.56. The van der Waals surface area contributed by atoms with Crippen molar-refractivity contribution >= 4 is 15.7 Å². The average Bonchev–Trinajstić information content (AvgIpc) is 2.46. The van der Waals surface area contributed by atoms with Crippen LogP contribution in [0.25, 0.3) is 0 Å². The van der Waals surface area contributed by atoms with Crippen LogP contribution in [0.15, 0.2) is 29.2 Å². The van der Waals surface area contributed by atoms with E-state index in [1.807, 2.05) is 0 Å². The van der Waals surface area contributed by atoms with Crippen molar-refractivity contribution in [3.63, 3.8) is 0 Å². The quantitative estimate of drug-likeness (QED) is 0.595. The molecule has 0 atom stereocenters. The molecule has 0 amide bonds. The fourth-order valence-corrected chi connectivity index (χ4v) is 4.07. The Morgan fingerprint density at radius 2 is 1.78 bits per heavy atom. The number of nitro benzene ring substituents is 1. The number of sulfonamides is 1. The number of alkyl halides is 2. The van der Waals surface area contributed by atoms with Gasteiger partial charge >= 0.3 is 0 Å². The number of nitrogens with zero attached hydrogens (tertiary/aromatic N) is 3. The highest BCUT2D eigenvalue weighted by molar-refractivity contribution is 7.89. The van der Waals surface area contributed by atoms with Crippen molar-refractivity contribution in [1.82, 2.24) is 9.21 Å². The van der Waals surface area contributed by atoms with E-state index >= 15 is 0 Å². The summed E-state index contributed by atoms with van der Waals surface area (Å²) in [6.45, 7) is 0.720. The zero-order valence-corrected chi connectivity index (χ0v) is 13.3. The third-order valence-corrected chi connectivity index (χ3v) is 5.46. The number of piperazine rings is 1. The van der Waals surface area contributed by atoms with Crippen LogP contribution in [0.4, 0.5) is 14.5 Å². The topological polar surface area (TPSA) is 83.8 Å². The van der Waals surface area contributed by atoms with Crippen LogP contribution in [-0.2, 0) is 10.0 Å². The highest BCUT2D eigenvalue weighted by atomic mass is 32.2. The number of halogens is 2. The van der Waals surface area contributed by atoms with Gasteiger partial charge in [0.1, 0.15) is 0 Å². The van der Waals surface area contributed by atoms with E-state index in [0.29, 0.717) is 0 Å². The van der Waals surface area contributed by atoms with Crippen molar-refractivity contribution in [1.29, 1.82) is 0 Å². The molecule has 0 radical (unpaired) electrons. The van der Waals surface area contributed by atoms with E-state index in [-0.39, 0.29) is 31.1 Å². The van der Waals surface area contributed by atoms with Gasteiger partial charge in [0, 0.05) is 39.2 Å². The lowest BCUT2D eigenvalue weighted by Crippen LogP contribution is -2.51. The van der Waals surface area contributed by atoms with Crippen molar-refractivity contribution in [3.05, 3.63) is 34.4 Å². The molecule has 1 aromatic rings. The van der Waals surface area contributed by atoms with Crippen molar-refractivity contribution in [2.24, 2.45) is 0 Å². The maximum absolute atomic E-state index is 13.0. The Morgan fingerprint density at radius 3 is 2.30 bits per heavy atom. The third-order valence-electron chi connectivity index (χ3n) is 3.51. The summed E-state index contributed by atoms with van der Waals surface area (Å²) in [5.41, 5.74) is -0.491. The minimum absolute atomic E-state index is 0.0183. The predicted molar refractivity (Wildman–Crippen MR) is 78.9 cm³/mol. The van der Waals surface area contributed by atoms with E-state index in [1.165, 1.54) is 23.1 Å². The molecule has 2 rings (SSSR count). The summed E-state index contributed by atoms with van der Waals surface area (Å²) in [6.07, 6.45) is 0. The summed E-state index contributed by atoms with van der Waals surface area (Å²) >= 11 is 0. The maximum Gasteiger partial charge on any atom is 0.289 e. The largest absolute Gasteiger partial charge is 0.295 e. The van der Waals surface area contributed by atoms with Gasteiger partial charge in [0.15, 0.2) is 4.90 Å². The second kappa shape index (κ2) is 6.46. The average molecular weight is 349 g/mol. The van der Waals surface area contributed by atoms with Crippen LogP contribution in [0.3, 0.4) is 0 Å². The lowest BCUT2D eigenvalue weighted by Gasteiger charge is -2.34. The summed E-state index contributed by atoms with van der Waals surface area (Å²) in [6, 6.07) is 5.10. The Labute approximate surface area is 132 Å². The number of hydrogen-bond donors (Lipinski definition) is 0. The molecule has 0 aromatic heterocycles. The first-order valence-corrected chi connectivity index (χ1v) is 8.39. The molecule has 0 unspecified atom stereocenters. The van der Waals surface area contributed by atoms with Crippen LogP contribution in [0.1, 0.15) is 6.92 Å². The normalized spacial score (nSPS) is 18.0. The molecular formula is C13H17F2N3O4S. The van der Waals surface area contributed by atoms with Crippen LogP contribution in [0, 0.1) is 10.1 Å². The molecule has 1 aromatic carbocycles. The van der Waals surface area contributed by atoms with Crippen LogP contribution < -0.4 is 0 Å². The first-order chi connectivity index (χ1) is 10.6. The summed E-state index contributed by atoms with van der Waals surface area (Å²) < 4.78 is 52.2. The Hall–Kier alpha value is -1.65. The standard InChI is InChI=1S/C13H17F2N3O4S/c1-13(14,15)10-16-6-8-17(9-7-16)23(21,22)12-5-3-2-4-11(12)18(19)20/h2-5H,6-10H2,1H3. The minimum Gasteiger partial charge on any atom is -0.295 e. The fourth-order valence-electron chi connectivity index (χ4n) is 2.49. The molecule has 0 spiro atoms. The Bertz CT molecular complexity index is 683. The molecular weight excluding hydrogens is 332 g/mol. The van der Waals surface area contributed by atoms with E-state index in [0.717, 1.165) is 17.3 Å². The SMILES string of the molecule is CC(F)(F)CN1CCN(S(=O)(=O)c2ccccc2[N+](=O)[O-])CC1. The summed E-state index contributed by atoms with van der Waals surface area (Å²) in [5, 5.41) is 11.0. The van der Waals surface area contributed by atoms with Gasteiger partial charge in [-0.15, -0.1) is 0 Å². The number of nitro groups is 1. The van der Waals surface area contributed by atoms with Gasteiger partial charge in [-0.2, -0.15) is 4.31 Å². The van der Waals surface area contributed by atoms with Crippen LogP contribution in [0.2, 0.25) is 0 Å². The van der Waals surface area contributed by atoms with Crippen LogP contribution in [-0.4, -0.2) is 61.2 Å². The minimum atomic E-state index is -4.03. The third kappa shape index (κ3) is 4.21. The summed E-state index contributed by atoms with van der Waals surface area (Å²) in [7, 11) is -4.03. The van der Waals surface area contributed by atoms with Crippen LogP contribution in [0.5, 0.6) is 0 Å². The van der Waals surface area contributed by atoms with Gasteiger partial charge in [-0.1, -0.05) is 12.1 Å². The lowest BCUT2D eigenvalue weighted by molar-refractivity contribution is -0.387. The first kappa shape index (κ1) is 17.7. The highest BCUT2D eigenvalue weighted by Gasteiger charge is 2.35. The molecule has 1 saturated heterocycles. The van der Waals surface area contributed by atoms with Gasteiger partial charge in [-0.05, 0) is 6.07 Å². The number of rotatable bonds is 5. The molecule has 0 aliphatic carbocycles. The van der Waals surface area contributed by atoms with E-state index in [2.05, 4.69) is 0 Å². The van der Waals surface area contributed by atoms with E-state index in [1.54, 1.807) is 0 Å². The fraction of sp³-hybridized carbons (Fsp3) is 0.538. The summed E-state index contributed by atoms with van der Waals surface area (Å²) in [4.78, 5) is 11.3. The zero-order chi connectivity index (χ0) is 17.3. The van der Waals surface area contributed by atoms with Crippen molar-refractivity contribution in [2.75, 3.05) is 32.7 Å². The maximum atomic E-state index is 13.0. The highest BCUT2D eigenvalue weighted by Crippen LogP contribution is 2.27. The molecule has 1 heterocycles. The molecule has 0 bridgehead atoms. The molecule has 1 aliphatic heterocycles. The molecule has 10 heteroatoms.